The average Bonchev–Trinajstić information content (AvgIpc) is 3.09. The standard InChI is InChI=1S/C21H26N4O3/c1-4-6-17-14-19(20(22)27)23-25(17)18-8-5-7-16(13-18)9-10-21(2,28)11-12-24(3)15-26/h5,7-8,13-15,28H,4,6,11-12H2,1-3H3,(H2,22,27). The third-order valence-corrected chi connectivity index (χ3v) is 4.24. The molecule has 0 aliphatic heterocycles. The van der Waals surface area contributed by atoms with E-state index in [0.717, 1.165) is 24.2 Å². The number of benzene rings is 1. The Labute approximate surface area is 165 Å². The molecule has 0 saturated carbocycles. The lowest BCUT2D eigenvalue weighted by Crippen LogP contribution is -2.29. The number of nitrogens with two attached hydrogens (primary N) is 1. The van der Waals surface area contributed by atoms with Crippen LogP contribution in [0.15, 0.2) is 30.3 Å². The zero-order chi connectivity index (χ0) is 20.7. The second-order valence-corrected chi connectivity index (χ2v) is 6.96. The van der Waals surface area contributed by atoms with Crippen molar-refractivity contribution in [1.29, 1.82) is 0 Å². The van der Waals surface area contributed by atoms with E-state index in [1.165, 1.54) is 4.90 Å². The molecule has 28 heavy (non-hydrogen) atoms. The Morgan fingerprint density at radius 2 is 2.18 bits per heavy atom. The van der Waals surface area contributed by atoms with Gasteiger partial charge in [0.25, 0.3) is 5.91 Å². The summed E-state index contributed by atoms with van der Waals surface area (Å²) in [4.78, 5) is 23.6. The number of hydrogen-bond acceptors (Lipinski definition) is 4. The van der Waals surface area contributed by atoms with Crippen molar-refractivity contribution in [2.75, 3.05) is 13.6 Å². The summed E-state index contributed by atoms with van der Waals surface area (Å²) >= 11 is 0. The minimum Gasteiger partial charge on any atom is -0.378 e. The van der Waals surface area contributed by atoms with E-state index in [0.29, 0.717) is 24.9 Å². The maximum Gasteiger partial charge on any atom is 0.269 e. The summed E-state index contributed by atoms with van der Waals surface area (Å²) in [7, 11) is 1.65. The monoisotopic (exact) mass is 382 g/mol. The van der Waals surface area contributed by atoms with Crippen molar-refractivity contribution in [3.63, 3.8) is 0 Å². The van der Waals surface area contributed by atoms with Crippen LogP contribution in [-0.2, 0) is 11.2 Å². The van der Waals surface area contributed by atoms with Crippen molar-refractivity contribution in [2.45, 2.75) is 38.7 Å². The van der Waals surface area contributed by atoms with Gasteiger partial charge in [0, 0.05) is 31.3 Å². The minimum absolute atomic E-state index is 0.224. The van der Waals surface area contributed by atoms with Gasteiger partial charge in [0.2, 0.25) is 6.41 Å². The fourth-order valence-corrected chi connectivity index (χ4v) is 2.63. The van der Waals surface area contributed by atoms with Gasteiger partial charge in [-0.1, -0.05) is 31.3 Å². The third-order valence-electron chi connectivity index (χ3n) is 4.24. The molecule has 2 aromatic rings. The van der Waals surface area contributed by atoms with E-state index in [9.17, 15) is 14.7 Å². The molecule has 1 aromatic heterocycles. The van der Waals surface area contributed by atoms with Crippen LogP contribution < -0.4 is 5.73 Å². The Balaban J connectivity index is 2.28. The van der Waals surface area contributed by atoms with Gasteiger partial charge in [-0.05, 0) is 37.6 Å². The quantitative estimate of drug-likeness (QED) is 0.534. The molecule has 7 heteroatoms. The molecule has 148 valence electrons. The van der Waals surface area contributed by atoms with Gasteiger partial charge < -0.3 is 15.7 Å². The number of hydrogen-bond donors (Lipinski definition) is 2. The van der Waals surface area contributed by atoms with Crippen molar-refractivity contribution in [2.24, 2.45) is 5.73 Å². The third kappa shape index (κ3) is 5.69. The zero-order valence-corrected chi connectivity index (χ0v) is 16.5. The Morgan fingerprint density at radius 1 is 1.43 bits per heavy atom. The van der Waals surface area contributed by atoms with Gasteiger partial charge in [0.15, 0.2) is 5.69 Å². The first-order chi connectivity index (χ1) is 13.3. The summed E-state index contributed by atoms with van der Waals surface area (Å²) in [5.41, 5.74) is 6.74. The van der Waals surface area contributed by atoms with Crippen LogP contribution in [0.25, 0.3) is 5.69 Å². The minimum atomic E-state index is -1.22. The summed E-state index contributed by atoms with van der Waals surface area (Å²) in [5.74, 6) is 5.27. The van der Waals surface area contributed by atoms with Crippen molar-refractivity contribution in [3.05, 3.63) is 47.3 Å². The van der Waals surface area contributed by atoms with E-state index in [1.807, 2.05) is 31.2 Å². The van der Waals surface area contributed by atoms with E-state index in [2.05, 4.69) is 16.9 Å². The molecule has 2 amide bonds. The van der Waals surface area contributed by atoms with Gasteiger partial charge in [-0.25, -0.2) is 4.68 Å². The highest BCUT2D eigenvalue weighted by Crippen LogP contribution is 2.16. The van der Waals surface area contributed by atoms with Crippen LogP contribution in [0.2, 0.25) is 0 Å². The van der Waals surface area contributed by atoms with E-state index in [1.54, 1.807) is 24.7 Å². The van der Waals surface area contributed by atoms with E-state index in [-0.39, 0.29) is 5.69 Å². The van der Waals surface area contributed by atoms with E-state index < -0.39 is 11.5 Å². The molecule has 0 aliphatic rings. The molecule has 1 atom stereocenters. The molecule has 1 heterocycles. The smallest absolute Gasteiger partial charge is 0.269 e. The summed E-state index contributed by atoms with van der Waals surface area (Å²) < 4.78 is 1.70. The number of aliphatic hydroxyl groups is 1. The number of carbonyl (C=O) groups is 2. The number of carbonyl (C=O) groups excluding carboxylic acids is 2. The molecule has 7 nitrogen and oxygen atoms in total. The molecule has 0 aliphatic carbocycles. The second kappa shape index (κ2) is 9.20. The van der Waals surface area contributed by atoms with E-state index >= 15 is 0 Å². The number of amides is 2. The maximum absolute atomic E-state index is 11.5. The molecule has 0 fully saturated rings. The predicted molar refractivity (Wildman–Crippen MR) is 107 cm³/mol. The average molecular weight is 382 g/mol. The van der Waals surface area contributed by atoms with Gasteiger partial charge in [-0.15, -0.1) is 0 Å². The Bertz CT molecular complexity index is 906. The molecule has 2 rings (SSSR count). The van der Waals surface area contributed by atoms with Gasteiger partial charge in [-0.2, -0.15) is 5.10 Å². The SMILES string of the molecule is CCCc1cc(C(N)=O)nn1-c1cccc(C#CC(C)(O)CCN(C)C=O)c1. The summed E-state index contributed by atoms with van der Waals surface area (Å²) in [6, 6.07) is 9.10. The van der Waals surface area contributed by atoms with Crippen LogP contribution in [0.3, 0.4) is 0 Å². The number of primary amides is 1. The molecule has 0 radical (unpaired) electrons. The van der Waals surface area contributed by atoms with Gasteiger partial charge in [0.1, 0.15) is 5.60 Å². The van der Waals surface area contributed by atoms with Gasteiger partial charge >= 0.3 is 0 Å². The first kappa shape index (κ1) is 21.2. The van der Waals surface area contributed by atoms with Crippen LogP contribution in [0.1, 0.15) is 48.4 Å². The lowest BCUT2D eigenvalue weighted by atomic mass is 10.0. The number of aryl methyl sites for hydroxylation is 1. The molecule has 0 saturated heterocycles. The Hall–Kier alpha value is -3.11. The number of nitrogens with zero attached hydrogens (tertiary/aromatic N) is 3. The highest BCUT2D eigenvalue weighted by molar-refractivity contribution is 5.90. The fraction of sp³-hybridized carbons (Fsp3) is 0.381. The first-order valence-corrected chi connectivity index (χ1v) is 9.16. The van der Waals surface area contributed by atoms with Crippen LogP contribution in [-0.4, -0.2) is 51.3 Å². The zero-order valence-electron chi connectivity index (χ0n) is 16.5. The molecule has 1 aromatic carbocycles. The summed E-state index contributed by atoms with van der Waals surface area (Å²) in [6.45, 7) is 4.08. The van der Waals surface area contributed by atoms with Crippen molar-refractivity contribution < 1.29 is 14.7 Å². The lowest BCUT2D eigenvalue weighted by Gasteiger charge is -2.19. The van der Waals surface area contributed by atoms with E-state index in [4.69, 9.17) is 5.73 Å². The number of aromatic nitrogens is 2. The van der Waals surface area contributed by atoms with Crippen LogP contribution >= 0.6 is 0 Å². The van der Waals surface area contributed by atoms with Crippen LogP contribution in [0, 0.1) is 11.8 Å². The maximum atomic E-state index is 11.5. The van der Waals surface area contributed by atoms with Crippen LogP contribution in [0.4, 0.5) is 0 Å². The van der Waals surface area contributed by atoms with Gasteiger partial charge in [-0.3, -0.25) is 9.59 Å². The normalized spacial score (nSPS) is 12.6. The molecule has 1 unspecified atom stereocenters. The fourth-order valence-electron chi connectivity index (χ4n) is 2.63. The summed E-state index contributed by atoms with van der Waals surface area (Å²) in [6.07, 6.45) is 2.72. The molecular weight excluding hydrogens is 356 g/mol. The molecule has 0 bridgehead atoms. The topological polar surface area (TPSA) is 101 Å². The highest BCUT2D eigenvalue weighted by atomic mass is 16.3. The Morgan fingerprint density at radius 3 is 2.82 bits per heavy atom. The summed E-state index contributed by atoms with van der Waals surface area (Å²) in [5, 5.41) is 14.7. The first-order valence-electron chi connectivity index (χ1n) is 9.16. The Kier molecular flexibility index (Phi) is 6.96. The highest BCUT2D eigenvalue weighted by Gasteiger charge is 2.17. The largest absolute Gasteiger partial charge is 0.378 e. The predicted octanol–water partition coefficient (Wildman–Crippen LogP) is 1.50. The van der Waals surface area contributed by atoms with Gasteiger partial charge in [0.05, 0.1) is 5.69 Å². The second-order valence-electron chi connectivity index (χ2n) is 6.96. The molecular formula is C21H26N4O3. The van der Waals surface area contributed by atoms with Crippen molar-refractivity contribution in [1.82, 2.24) is 14.7 Å². The molecule has 3 N–H and O–H groups in total. The molecule has 0 spiro atoms. The van der Waals surface area contributed by atoms with Crippen molar-refractivity contribution >= 4 is 12.3 Å². The number of rotatable bonds is 8. The van der Waals surface area contributed by atoms with Crippen LogP contribution in [0.5, 0.6) is 0 Å². The van der Waals surface area contributed by atoms with Crippen molar-refractivity contribution in [3.8, 4) is 17.5 Å². The lowest BCUT2D eigenvalue weighted by molar-refractivity contribution is -0.117.